The maximum atomic E-state index is 12.4. The zero-order valence-electron chi connectivity index (χ0n) is 19.4. The molecule has 0 atom stereocenters. The molecule has 2 aliphatic heterocycles. The van der Waals surface area contributed by atoms with Crippen molar-refractivity contribution in [3.05, 3.63) is 95.1 Å². The first-order chi connectivity index (χ1) is 16.3. The third-order valence-corrected chi connectivity index (χ3v) is 8.51. The van der Waals surface area contributed by atoms with E-state index in [0.29, 0.717) is 23.0 Å². The van der Waals surface area contributed by atoms with Crippen LogP contribution in [0.25, 0.3) is 0 Å². The molecule has 0 amide bonds. The summed E-state index contributed by atoms with van der Waals surface area (Å²) in [5.41, 5.74) is 4.38. The van der Waals surface area contributed by atoms with Gasteiger partial charge in [-0.15, -0.1) is 0 Å². The second-order valence-electron chi connectivity index (χ2n) is 8.54. The number of hydrogen-bond donors (Lipinski definition) is 0. The van der Waals surface area contributed by atoms with Crippen LogP contribution in [0.3, 0.4) is 0 Å². The Kier molecular flexibility index (Phi) is 5.88. The number of ether oxygens (including phenoxy) is 2. The molecule has 0 unspecified atom stereocenters. The number of benzene rings is 4. The molecule has 2 aliphatic rings. The zero-order valence-corrected chi connectivity index (χ0v) is 21.0. The Morgan fingerprint density at radius 1 is 0.441 bits per heavy atom. The monoisotopic (exact) mass is 488 g/mol. The Labute approximate surface area is 204 Å². The fourth-order valence-electron chi connectivity index (χ4n) is 3.85. The summed E-state index contributed by atoms with van der Waals surface area (Å²) in [5.74, 6) is 2.80. The highest BCUT2D eigenvalue weighted by atomic mass is 32.2. The van der Waals surface area contributed by atoms with Crippen molar-refractivity contribution >= 4 is 21.6 Å². The van der Waals surface area contributed by atoms with E-state index in [2.05, 4.69) is 0 Å². The van der Waals surface area contributed by atoms with Gasteiger partial charge in [-0.1, -0.05) is 24.3 Å². The van der Waals surface area contributed by atoms with Gasteiger partial charge in [0, 0.05) is 0 Å². The summed E-state index contributed by atoms with van der Waals surface area (Å²) in [4.78, 5) is 3.07. The first-order valence-corrected chi connectivity index (χ1v) is 13.2. The van der Waals surface area contributed by atoms with Crippen LogP contribution >= 0.6 is 0 Å². The van der Waals surface area contributed by atoms with Crippen molar-refractivity contribution in [2.45, 2.75) is 47.3 Å². The van der Waals surface area contributed by atoms with E-state index < -0.39 is 21.6 Å². The van der Waals surface area contributed by atoms with Gasteiger partial charge in [0.25, 0.3) is 0 Å². The molecule has 4 nitrogen and oxygen atoms in total. The quantitative estimate of drug-likeness (QED) is 0.228. The van der Waals surface area contributed by atoms with Gasteiger partial charge in [-0.05, 0) is 98.5 Å². The van der Waals surface area contributed by atoms with Crippen molar-refractivity contribution in [1.29, 1.82) is 0 Å². The van der Waals surface area contributed by atoms with Crippen LogP contribution in [0.2, 0.25) is 0 Å². The van der Waals surface area contributed by atoms with Crippen LogP contribution in [0, 0.1) is 27.7 Å². The van der Waals surface area contributed by atoms with Crippen LogP contribution in [0.5, 0.6) is 23.0 Å². The van der Waals surface area contributed by atoms with Gasteiger partial charge in [0.15, 0.2) is 0 Å². The lowest BCUT2D eigenvalue weighted by Gasteiger charge is -2.20. The summed E-state index contributed by atoms with van der Waals surface area (Å²) >= 11 is 0. The van der Waals surface area contributed by atoms with Crippen molar-refractivity contribution in [3.63, 3.8) is 0 Å². The van der Waals surface area contributed by atoms with E-state index in [4.69, 9.17) is 9.47 Å². The molecule has 0 saturated carbocycles. The molecule has 0 N–H and O–H groups in total. The van der Waals surface area contributed by atoms with E-state index in [1.54, 1.807) is 0 Å². The average Bonchev–Trinajstić information content (AvgIpc) is 2.82. The van der Waals surface area contributed by atoms with Crippen LogP contribution < -0.4 is 9.47 Å². The van der Waals surface area contributed by atoms with Crippen molar-refractivity contribution in [3.8, 4) is 23.0 Å². The van der Waals surface area contributed by atoms with E-state index >= 15 is 0 Å². The Morgan fingerprint density at radius 2 is 0.676 bits per heavy atom. The lowest BCUT2D eigenvalue weighted by Crippen LogP contribution is -2.05. The standard InChI is InChI=1S/2C14H12O2S/c2*1-9-3-5-11-13(7-9)17(15)14-8-10(2)4-6-12(14)16-11/h2*3-8H,1-2H3. The first-order valence-electron chi connectivity index (χ1n) is 10.9. The predicted octanol–water partition coefficient (Wildman–Crippen LogP) is 7.15. The molecule has 6 rings (SSSR count). The second-order valence-corrected chi connectivity index (χ2v) is 11.4. The Hall–Kier alpha value is -3.22. The molecule has 0 aliphatic carbocycles. The van der Waals surface area contributed by atoms with Gasteiger partial charge >= 0.3 is 0 Å². The molecule has 0 radical (unpaired) electrons. The summed E-state index contributed by atoms with van der Waals surface area (Å²) in [7, 11) is -2.27. The summed E-state index contributed by atoms with van der Waals surface area (Å²) < 4.78 is 36.4. The maximum Gasteiger partial charge on any atom is 0.144 e. The summed E-state index contributed by atoms with van der Waals surface area (Å²) in [6, 6.07) is 23.1. The van der Waals surface area contributed by atoms with Crippen molar-refractivity contribution in [1.82, 2.24) is 0 Å². The number of rotatable bonds is 0. The summed E-state index contributed by atoms with van der Waals surface area (Å²) in [5, 5.41) is 0. The number of aryl methyl sites for hydroxylation is 4. The molecule has 4 aromatic rings. The van der Waals surface area contributed by atoms with Crippen LogP contribution in [0.4, 0.5) is 0 Å². The zero-order chi connectivity index (χ0) is 24.0. The van der Waals surface area contributed by atoms with Gasteiger partial charge in [0.05, 0.1) is 41.2 Å². The molecular formula is C28H24O4S2. The summed E-state index contributed by atoms with van der Waals surface area (Å²) in [6.07, 6.45) is 0. The molecule has 0 bridgehead atoms. The molecular weight excluding hydrogens is 464 g/mol. The molecule has 34 heavy (non-hydrogen) atoms. The second kappa shape index (κ2) is 8.85. The van der Waals surface area contributed by atoms with Crippen molar-refractivity contribution < 1.29 is 17.9 Å². The van der Waals surface area contributed by atoms with Crippen LogP contribution in [0.1, 0.15) is 22.3 Å². The highest BCUT2D eigenvalue weighted by Crippen LogP contribution is 2.41. The minimum atomic E-state index is -1.14. The molecule has 0 aromatic heterocycles. The first kappa shape index (κ1) is 22.6. The largest absolute Gasteiger partial charge is 0.455 e. The maximum absolute atomic E-state index is 12.4. The van der Waals surface area contributed by atoms with E-state index in [1.165, 1.54) is 0 Å². The lowest BCUT2D eigenvalue weighted by molar-refractivity contribution is 0.449. The van der Waals surface area contributed by atoms with E-state index in [0.717, 1.165) is 41.8 Å². The predicted molar refractivity (Wildman–Crippen MR) is 134 cm³/mol. The van der Waals surface area contributed by atoms with Crippen LogP contribution in [0.15, 0.2) is 92.4 Å². The minimum absolute atomic E-state index is 0.699. The average molecular weight is 489 g/mol. The van der Waals surface area contributed by atoms with Gasteiger partial charge < -0.3 is 9.47 Å². The van der Waals surface area contributed by atoms with Gasteiger partial charge in [-0.3, -0.25) is 0 Å². The van der Waals surface area contributed by atoms with Crippen LogP contribution in [-0.2, 0) is 21.6 Å². The minimum Gasteiger partial charge on any atom is -0.455 e. The fraction of sp³-hybridized carbons (Fsp3) is 0.143. The fourth-order valence-corrected chi connectivity index (χ4v) is 6.67. The third-order valence-electron chi connectivity index (χ3n) is 5.64. The highest BCUT2D eigenvalue weighted by molar-refractivity contribution is 7.85. The number of hydrogen-bond acceptors (Lipinski definition) is 4. The lowest BCUT2D eigenvalue weighted by atomic mass is 10.2. The molecule has 6 heteroatoms. The van der Waals surface area contributed by atoms with Gasteiger partial charge in [0.2, 0.25) is 0 Å². The summed E-state index contributed by atoms with van der Waals surface area (Å²) in [6.45, 7) is 7.96. The smallest absolute Gasteiger partial charge is 0.144 e. The normalized spacial score (nSPS) is 13.8. The van der Waals surface area contributed by atoms with Crippen molar-refractivity contribution in [2.24, 2.45) is 0 Å². The number of fused-ring (bicyclic) bond motifs is 4. The highest BCUT2D eigenvalue weighted by Gasteiger charge is 2.25. The molecule has 2 heterocycles. The molecule has 172 valence electrons. The molecule has 0 spiro atoms. The molecule has 0 saturated heterocycles. The SMILES string of the molecule is Cc1ccc2c(c1)S(=O)c1cc(C)ccc1O2.Cc1ccc2c(c1)S(=O)c1cc(C)ccc1O2. The third kappa shape index (κ3) is 4.19. The van der Waals surface area contributed by atoms with E-state index in [1.807, 2.05) is 100 Å². The van der Waals surface area contributed by atoms with E-state index in [-0.39, 0.29) is 0 Å². The van der Waals surface area contributed by atoms with Crippen LogP contribution in [-0.4, -0.2) is 8.42 Å². The van der Waals surface area contributed by atoms with Gasteiger partial charge in [-0.2, -0.15) is 0 Å². The van der Waals surface area contributed by atoms with Gasteiger partial charge in [0.1, 0.15) is 23.0 Å². The Bertz CT molecular complexity index is 1270. The molecule has 4 aromatic carbocycles. The topological polar surface area (TPSA) is 52.6 Å². The van der Waals surface area contributed by atoms with Crippen molar-refractivity contribution in [2.75, 3.05) is 0 Å². The Morgan fingerprint density at radius 3 is 0.912 bits per heavy atom. The van der Waals surface area contributed by atoms with Gasteiger partial charge in [-0.25, -0.2) is 8.42 Å². The van der Waals surface area contributed by atoms with E-state index in [9.17, 15) is 8.42 Å². The Balaban J connectivity index is 0.000000142. The molecule has 0 fully saturated rings.